The molecule has 2 rings (SSSR count). The summed E-state index contributed by atoms with van der Waals surface area (Å²) in [5, 5.41) is 10.4. The Morgan fingerprint density at radius 3 is 2.59 bits per heavy atom. The Morgan fingerprint density at radius 1 is 1.29 bits per heavy atom. The minimum atomic E-state index is -0.781. The molecule has 94 valence electrons. The molecule has 0 saturated heterocycles. The fraction of sp³-hybridized carbons (Fsp3) is 0.600. The highest BCUT2D eigenvalue weighted by Crippen LogP contribution is 2.33. The first-order chi connectivity index (χ1) is 8.07. The van der Waals surface area contributed by atoms with Crippen molar-refractivity contribution in [1.82, 2.24) is 0 Å². The van der Waals surface area contributed by atoms with Crippen LogP contribution in [0, 0.1) is 11.7 Å². The van der Waals surface area contributed by atoms with E-state index in [9.17, 15) is 9.50 Å². The molecule has 1 aliphatic rings. The van der Waals surface area contributed by atoms with Crippen LogP contribution in [0.3, 0.4) is 0 Å². The SMILES string of the molecule is CC(O)(Cc1ccccc1F)CC1CCCC1. The van der Waals surface area contributed by atoms with Crippen molar-refractivity contribution in [1.29, 1.82) is 0 Å². The Bertz CT molecular complexity index is 367. The topological polar surface area (TPSA) is 20.2 Å². The first kappa shape index (κ1) is 12.6. The molecule has 0 amide bonds. The maximum atomic E-state index is 13.5. The molecular weight excluding hydrogens is 215 g/mol. The second-order valence-corrected chi connectivity index (χ2v) is 5.62. The summed E-state index contributed by atoms with van der Waals surface area (Å²) >= 11 is 0. The monoisotopic (exact) mass is 236 g/mol. The number of aliphatic hydroxyl groups is 1. The van der Waals surface area contributed by atoms with Gasteiger partial charge < -0.3 is 5.11 Å². The van der Waals surface area contributed by atoms with Gasteiger partial charge >= 0.3 is 0 Å². The van der Waals surface area contributed by atoms with Gasteiger partial charge in [-0.2, -0.15) is 0 Å². The normalized spacial score (nSPS) is 20.4. The molecule has 1 aromatic carbocycles. The smallest absolute Gasteiger partial charge is 0.126 e. The van der Waals surface area contributed by atoms with Gasteiger partial charge in [0.05, 0.1) is 5.60 Å². The van der Waals surface area contributed by atoms with Crippen molar-refractivity contribution in [3.8, 4) is 0 Å². The van der Waals surface area contributed by atoms with Crippen LogP contribution in [0.1, 0.15) is 44.6 Å². The summed E-state index contributed by atoms with van der Waals surface area (Å²) in [5.74, 6) is 0.413. The Labute approximate surface area is 103 Å². The lowest BCUT2D eigenvalue weighted by molar-refractivity contribution is 0.0340. The summed E-state index contributed by atoms with van der Waals surface area (Å²) in [5.41, 5.74) is -0.160. The van der Waals surface area contributed by atoms with Gasteiger partial charge in [-0.1, -0.05) is 43.9 Å². The van der Waals surface area contributed by atoms with E-state index >= 15 is 0 Å². The molecule has 0 aliphatic heterocycles. The van der Waals surface area contributed by atoms with Gasteiger partial charge in [-0.05, 0) is 30.9 Å². The van der Waals surface area contributed by atoms with Crippen LogP contribution >= 0.6 is 0 Å². The average molecular weight is 236 g/mol. The predicted octanol–water partition coefficient (Wildman–Crippen LogP) is 3.70. The zero-order chi connectivity index (χ0) is 12.3. The summed E-state index contributed by atoms with van der Waals surface area (Å²) in [7, 11) is 0. The predicted molar refractivity (Wildman–Crippen MR) is 67.3 cm³/mol. The van der Waals surface area contributed by atoms with E-state index in [1.807, 2.05) is 13.0 Å². The van der Waals surface area contributed by atoms with E-state index in [4.69, 9.17) is 0 Å². The molecule has 17 heavy (non-hydrogen) atoms. The van der Waals surface area contributed by atoms with Crippen LogP contribution in [0.15, 0.2) is 24.3 Å². The van der Waals surface area contributed by atoms with Crippen LogP contribution in [-0.4, -0.2) is 10.7 Å². The molecule has 0 bridgehead atoms. The summed E-state index contributed by atoms with van der Waals surface area (Å²) in [6.07, 6.45) is 6.19. The summed E-state index contributed by atoms with van der Waals surface area (Å²) in [4.78, 5) is 0. The van der Waals surface area contributed by atoms with Gasteiger partial charge in [0.1, 0.15) is 5.82 Å². The highest BCUT2D eigenvalue weighted by molar-refractivity contribution is 5.19. The minimum Gasteiger partial charge on any atom is -0.390 e. The quantitative estimate of drug-likeness (QED) is 0.845. The van der Waals surface area contributed by atoms with Crippen molar-refractivity contribution in [3.05, 3.63) is 35.6 Å². The largest absolute Gasteiger partial charge is 0.390 e. The van der Waals surface area contributed by atoms with Gasteiger partial charge in [0.25, 0.3) is 0 Å². The average Bonchev–Trinajstić information content (AvgIpc) is 2.73. The Balaban J connectivity index is 1.98. The lowest BCUT2D eigenvalue weighted by Crippen LogP contribution is -2.30. The van der Waals surface area contributed by atoms with E-state index in [2.05, 4.69) is 0 Å². The third-order valence-corrected chi connectivity index (χ3v) is 3.73. The van der Waals surface area contributed by atoms with Crippen LogP contribution < -0.4 is 0 Å². The van der Waals surface area contributed by atoms with E-state index in [0.717, 1.165) is 6.42 Å². The second-order valence-electron chi connectivity index (χ2n) is 5.62. The highest BCUT2D eigenvalue weighted by Gasteiger charge is 2.28. The Hall–Kier alpha value is -0.890. The molecule has 1 nitrogen and oxygen atoms in total. The van der Waals surface area contributed by atoms with Crippen LogP contribution in [0.2, 0.25) is 0 Å². The van der Waals surface area contributed by atoms with E-state index in [1.54, 1.807) is 12.1 Å². The fourth-order valence-corrected chi connectivity index (χ4v) is 2.96. The maximum absolute atomic E-state index is 13.5. The zero-order valence-corrected chi connectivity index (χ0v) is 10.5. The summed E-state index contributed by atoms with van der Waals surface area (Å²) in [6.45, 7) is 1.83. The van der Waals surface area contributed by atoms with Gasteiger partial charge in [-0.15, -0.1) is 0 Å². The molecule has 1 N–H and O–H groups in total. The van der Waals surface area contributed by atoms with Gasteiger partial charge in [0.15, 0.2) is 0 Å². The molecule has 0 heterocycles. The van der Waals surface area contributed by atoms with Gasteiger partial charge in [0, 0.05) is 6.42 Å². The van der Waals surface area contributed by atoms with Gasteiger partial charge in [0.2, 0.25) is 0 Å². The molecule has 0 spiro atoms. The fourth-order valence-electron chi connectivity index (χ4n) is 2.96. The molecule has 1 aromatic rings. The maximum Gasteiger partial charge on any atom is 0.126 e. The van der Waals surface area contributed by atoms with Crippen LogP contribution in [0.5, 0.6) is 0 Å². The van der Waals surface area contributed by atoms with Crippen molar-refractivity contribution in [2.75, 3.05) is 0 Å². The second kappa shape index (κ2) is 5.18. The lowest BCUT2D eigenvalue weighted by atomic mass is 9.86. The molecule has 1 unspecified atom stereocenters. The number of benzene rings is 1. The van der Waals surface area contributed by atoms with Crippen molar-refractivity contribution in [2.24, 2.45) is 5.92 Å². The van der Waals surface area contributed by atoms with Crippen LogP contribution in [0.4, 0.5) is 4.39 Å². The molecule has 1 saturated carbocycles. The first-order valence-electron chi connectivity index (χ1n) is 6.53. The van der Waals surface area contributed by atoms with Crippen molar-refractivity contribution in [3.63, 3.8) is 0 Å². The Morgan fingerprint density at radius 2 is 1.94 bits per heavy atom. The van der Waals surface area contributed by atoms with Crippen LogP contribution in [0.25, 0.3) is 0 Å². The minimum absolute atomic E-state index is 0.209. The number of rotatable bonds is 4. The van der Waals surface area contributed by atoms with E-state index in [-0.39, 0.29) is 5.82 Å². The summed E-state index contributed by atoms with van der Waals surface area (Å²) < 4.78 is 13.5. The standard InChI is InChI=1S/C15H21FO/c1-15(17,10-12-6-2-3-7-12)11-13-8-4-5-9-14(13)16/h4-5,8-9,12,17H,2-3,6-7,10-11H2,1H3. The number of hydrogen-bond donors (Lipinski definition) is 1. The van der Waals surface area contributed by atoms with E-state index in [0.29, 0.717) is 17.9 Å². The Kier molecular flexibility index (Phi) is 3.82. The first-order valence-corrected chi connectivity index (χ1v) is 6.53. The van der Waals surface area contributed by atoms with Crippen molar-refractivity contribution >= 4 is 0 Å². The van der Waals surface area contributed by atoms with Crippen molar-refractivity contribution in [2.45, 2.75) is 51.0 Å². The zero-order valence-electron chi connectivity index (χ0n) is 10.5. The molecule has 1 aliphatic carbocycles. The molecular formula is C15H21FO. The number of hydrogen-bond acceptors (Lipinski definition) is 1. The molecule has 0 aromatic heterocycles. The third kappa shape index (κ3) is 3.53. The molecule has 2 heteroatoms. The third-order valence-electron chi connectivity index (χ3n) is 3.73. The molecule has 1 atom stereocenters. The molecule has 0 radical (unpaired) electrons. The molecule has 1 fully saturated rings. The number of halogens is 1. The summed E-state index contributed by atoms with van der Waals surface area (Å²) in [6, 6.07) is 6.73. The van der Waals surface area contributed by atoms with Gasteiger partial charge in [-0.3, -0.25) is 0 Å². The highest BCUT2D eigenvalue weighted by atomic mass is 19.1. The van der Waals surface area contributed by atoms with Crippen molar-refractivity contribution < 1.29 is 9.50 Å². The van der Waals surface area contributed by atoms with Crippen LogP contribution in [-0.2, 0) is 6.42 Å². The lowest BCUT2D eigenvalue weighted by Gasteiger charge is -2.26. The van der Waals surface area contributed by atoms with Gasteiger partial charge in [-0.25, -0.2) is 4.39 Å². The van der Waals surface area contributed by atoms with E-state index < -0.39 is 5.60 Å². The van der Waals surface area contributed by atoms with E-state index in [1.165, 1.54) is 31.7 Å².